The van der Waals surface area contributed by atoms with E-state index in [1.807, 2.05) is 30.9 Å². The predicted octanol–water partition coefficient (Wildman–Crippen LogP) is 6.05. The molecule has 2 aromatic carbocycles. The molecule has 5 rings (SSSR count). The van der Waals surface area contributed by atoms with Crippen LogP contribution in [0.25, 0.3) is 0 Å². The first-order chi connectivity index (χ1) is 18.9. The van der Waals surface area contributed by atoms with E-state index in [1.54, 1.807) is 34.4 Å². The van der Waals surface area contributed by atoms with Crippen LogP contribution in [0.4, 0.5) is 0 Å². The number of amides is 2. The molecule has 39 heavy (non-hydrogen) atoms. The highest BCUT2D eigenvalue weighted by atomic mass is 32.1. The van der Waals surface area contributed by atoms with Crippen molar-refractivity contribution in [3.05, 3.63) is 75.5 Å². The Bertz CT molecular complexity index is 1320. The lowest BCUT2D eigenvalue weighted by Gasteiger charge is -2.38. The van der Waals surface area contributed by atoms with Crippen LogP contribution in [0.5, 0.6) is 17.2 Å². The first-order valence-electron chi connectivity index (χ1n) is 13.6. The van der Waals surface area contributed by atoms with Gasteiger partial charge < -0.3 is 24.0 Å². The van der Waals surface area contributed by atoms with E-state index in [9.17, 15) is 9.59 Å². The number of rotatable bonds is 9. The largest absolute Gasteiger partial charge is 0.491 e. The van der Waals surface area contributed by atoms with Crippen LogP contribution in [0.2, 0.25) is 0 Å². The minimum Gasteiger partial charge on any atom is -0.491 e. The topological polar surface area (TPSA) is 68.3 Å². The summed E-state index contributed by atoms with van der Waals surface area (Å²) in [5.41, 5.74) is 2.88. The van der Waals surface area contributed by atoms with E-state index in [0.717, 1.165) is 24.2 Å². The Balaban J connectivity index is 1.34. The van der Waals surface area contributed by atoms with Crippen molar-refractivity contribution >= 4 is 23.2 Å². The summed E-state index contributed by atoms with van der Waals surface area (Å²) >= 11 is 1.72. The minimum absolute atomic E-state index is 0.00133. The summed E-state index contributed by atoms with van der Waals surface area (Å²) in [7, 11) is 0. The van der Waals surface area contributed by atoms with E-state index in [2.05, 4.69) is 37.4 Å². The Kier molecular flexibility index (Phi) is 8.12. The smallest absolute Gasteiger partial charge is 0.254 e. The zero-order chi connectivity index (χ0) is 27.5. The van der Waals surface area contributed by atoms with Crippen molar-refractivity contribution < 1.29 is 23.8 Å². The number of hydrogen-bond donors (Lipinski definition) is 0. The number of carbonyl (C=O) groups is 2. The molecule has 0 saturated heterocycles. The standard InChI is InChI=1S/C31H36N2O5S/c1-5-21(4)33(31(35)23-8-11-27-28(16-23)38-19-37-27)17-30(34)32-14-12-29-25(13-15-39-29)26(32)18-36-24-9-6-22(7-10-24)20(2)3/h6-11,13,15-16,20-21,26H,5,12,14,17-19H2,1-4H3/t21-,26+/m0/s1. The van der Waals surface area contributed by atoms with E-state index in [-0.39, 0.29) is 37.2 Å². The van der Waals surface area contributed by atoms with Gasteiger partial charge in [-0.25, -0.2) is 0 Å². The van der Waals surface area contributed by atoms with E-state index in [1.165, 1.54) is 10.4 Å². The second-order valence-electron chi connectivity index (χ2n) is 10.4. The average molecular weight is 549 g/mol. The van der Waals surface area contributed by atoms with Gasteiger partial charge in [0.25, 0.3) is 5.91 Å². The van der Waals surface area contributed by atoms with Gasteiger partial charge in [-0.1, -0.05) is 32.9 Å². The molecule has 2 atom stereocenters. The van der Waals surface area contributed by atoms with Crippen molar-refractivity contribution in [2.24, 2.45) is 0 Å². The molecule has 0 fully saturated rings. The number of benzene rings is 2. The fourth-order valence-corrected chi connectivity index (χ4v) is 6.01. The van der Waals surface area contributed by atoms with Crippen molar-refractivity contribution in [2.45, 2.75) is 58.5 Å². The molecule has 0 saturated carbocycles. The summed E-state index contributed by atoms with van der Waals surface area (Å²) in [5, 5.41) is 2.08. The Labute approximate surface area is 234 Å². The fourth-order valence-electron chi connectivity index (χ4n) is 5.08. The van der Waals surface area contributed by atoms with Crippen LogP contribution in [-0.4, -0.2) is 54.1 Å². The van der Waals surface area contributed by atoms with Gasteiger partial charge in [0, 0.05) is 23.0 Å². The quantitative estimate of drug-likeness (QED) is 0.326. The molecule has 8 heteroatoms. The van der Waals surface area contributed by atoms with E-state index in [4.69, 9.17) is 14.2 Å². The minimum atomic E-state index is -0.211. The lowest BCUT2D eigenvalue weighted by atomic mass is 10.00. The van der Waals surface area contributed by atoms with Gasteiger partial charge in [0.15, 0.2) is 11.5 Å². The van der Waals surface area contributed by atoms with Gasteiger partial charge in [-0.15, -0.1) is 11.3 Å². The molecule has 0 spiro atoms. The molecule has 206 valence electrons. The Morgan fingerprint density at radius 2 is 1.85 bits per heavy atom. The third-order valence-corrected chi connectivity index (χ3v) is 8.68. The lowest BCUT2D eigenvalue weighted by Crippen LogP contribution is -2.49. The van der Waals surface area contributed by atoms with Gasteiger partial charge in [0.2, 0.25) is 12.7 Å². The van der Waals surface area contributed by atoms with E-state index >= 15 is 0 Å². The highest BCUT2D eigenvalue weighted by Gasteiger charge is 2.34. The molecule has 0 N–H and O–H groups in total. The van der Waals surface area contributed by atoms with Crippen molar-refractivity contribution in [2.75, 3.05) is 26.5 Å². The predicted molar refractivity (Wildman–Crippen MR) is 152 cm³/mol. The molecule has 7 nitrogen and oxygen atoms in total. The molecule has 0 bridgehead atoms. The van der Waals surface area contributed by atoms with Crippen LogP contribution in [0.3, 0.4) is 0 Å². The first kappa shape index (κ1) is 27.1. The number of fused-ring (bicyclic) bond motifs is 2. The van der Waals surface area contributed by atoms with Crippen LogP contribution in [0.15, 0.2) is 53.9 Å². The second-order valence-corrected chi connectivity index (χ2v) is 11.4. The molecule has 3 heterocycles. The summed E-state index contributed by atoms with van der Waals surface area (Å²) in [6.07, 6.45) is 1.54. The SMILES string of the molecule is CC[C@H](C)N(CC(=O)N1CCc2sccc2[C@H]1COc1ccc(C(C)C)cc1)C(=O)c1ccc2c(c1)OCO2. The second kappa shape index (κ2) is 11.7. The molecule has 0 unspecified atom stereocenters. The monoisotopic (exact) mass is 548 g/mol. The number of ether oxygens (including phenoxy) is 3. The zero-order valence-corrected chi connectivity index (χ0v) is 23.8. The highest BCUT2D eigenvalue weighted by molar-refractivity contribution is 7.10. The van der Waals surface area contributed by atoms with E-state index < -0.39 is 0 Å². The van der Waals surface area contributed by atoms with Crippen LogP contribution in [-0.2, 0) is 11.2 Å². The van der Waals surface area contributed by atoms with Crippen LogP contribution in [0.1, 0.15) is 72.4 Å². The molecule has 1 aromatic heterocycles. The summed E-state index contributed by atoms with van der Waals surface area (Å²) < 4.78 is 17.1. The van der Waals surface area contributed by atoms with Crippen LogP contribution in [0, 0.1) is 0 Å². The Hall–Kier alpha value is -3.52. The van der Waals surface area contributed by atoms with Gasteiger partial charge in [-0.3, -0.25) is 9.59 Å². The number of nitrogens with zero attached hydrogens (tertiary/aromatic N) is 2. The molecule has 2 amide bonds. The third-order valence-electron chi connectivity index (χ3n) is 7.68. The van der Waals surface area contributed by atoms with Crippen molar-refractivity contribution in [1.29, 1.82) is 0 Å². The highest BCUT2D eigenvalue weighted by Crippen LogP contribution is 2.35. The van der Waals surface area contributed by atoms with Crippen molar-refractivity contribution in [3.8, 4) is 17.2 Å². The molecule has 2 aliphatic rings. The normalized spacial score (nSPS) is 16.6. The fraction of sp³-hybridized carbons (Fsp3) is 0.419. The summed E-state index contributed by atoms with van der Waals surface area (Å²) in [6, 6.07) is 15.1. The molecular formula is C31H36N2O5S. The summed E-state index contributed by atoms with van der Waals surface area (Å²) in [5.74, 6) is 2.14. The molecule has 2 aliphatic heterocycles. The average Bonchev–Trinajstić information content (AvgIpc) is 3.63. The summed E-state index contributed by atoms with van der Waals surface area (Å²) in [4.78, 5) is 32.3. The molecule has 0 aliphatic carbocycles. The molecule has 3 aromatic rings. The van der Waals surface area contributed by atoms with Gasteiger partial charge >= 0.3 is 0 Å². The van der Waals surface area contributed by atoms with Gasteiger partial charge in [-0.2, -0.15) is 0 Å². The number of hydrogen-bond acceptors (Lipinski definition) is 6. The Morgan fingerprint density at radius 3 is 2.59 bits per heavy atom. The maximum absolute atomic E-state index is 13.9. The van der Waals surface area contributed by atoms with Gasteiger partial charge in [0.05, 0.1) is 6.04 Å². The van der Waals surface area contributed by atoms with Crippen LogP contribution >= 0.6 is 11.3 Å². The molecule has 0 radical (unpaired) electrons. The van der Waals surface area contributed by atoms with Gasteiger partial charge in [0.1, 0.15) is 18.9 Å². The van der Waals surface area contributed by atoms with Crippen LogP contribution < -0.4 is 14.2 Å². The van der Waals surface area contributed by atoms with Gasteiger partial charge in [-0.05, 0) is 78.6 Å². The third kappa shape index (κ3) is 5.76. The number of thiophene rings is 1. The lowest BCUT2D eigenvalue weighted by molar-refractivity contribution is -0.136. The summed E-state index contributed by atoms with van der Waals surface area (Å²) in [6.45, 7) is 9.43. The molecular weight excluding hydrogens is 512 g/mol. The first-order valence-corrected chi connectivity index (χ1v) is 14.5. The maximum Gasteiger partial charge on any atom is 0.254 e. The van der Waals surface area contributed by atoms with E-state index in [0.29, 0.717) is 36.1 Å². The zero-order valence-electron chi connectivity index (χ0n) is 23.0. The number of carbonyl (C=O) groups excluding carboxylic acids is 2. The van der Waals surface area contributed by atoms with Crippen molar-refractivity contribution in [1.82, 2.24) is 9.80 Å². The Morgan fingerprint density at radius 1 is 1.08 bits per heavy atom. The maximum atomic E-state index is 13.9. The van der Waals surface area contributed by atoms with Crippen molar-refractivity contribution in [3.63, 3.8) is 0 Å².